The maximum atomic E-state index is 4.99. The summed E-state index contributed by atoms with van der Waals surface area (Å²) in [6.45, 7) is 5.55. The van der Waals surface area contributed by atoms with E-state index in [1.54, 1.807) is 0 Å². The van der Waals surface area contributed by atoms with Crippen molar-refractivity contribution < 1.29 is 8.85 Å². The van der Waals surface area contributed by atoms with Crippen molar-refractivity contribution in [3.8, 4) is 0 Å². The molecule has 2 rings (SSSR count). The standard InChI is InChI=1S/C9H10.C4H12O2Si/c1-2-4-8(5-3-1)9-6-7-9;1-3-5-7-6-4-2/h1-5,9H,6-7H2;3-4,7H2,1-2H3. The van der Waals surface area contributed by atoms with Crippen LogP contribution in [0.4, 0.5) is 0 Å². The van der Waals surface area contributed by atoms with Crippen LogP contribution in [0.1, 0.15) is 38.2 Å². The van der Waals surface area contributed by atoms with Gasteiger partial charge in [-0.05, 0) is 38.2 Å². The van der Waals surface area contributed by atoms with Gasteiger partial charge in [-0.15, -0.1) is 0 Å². The first-order valence-electron chi connectivity index (χ1n) is 6.08. The summed E-state index contributed by atoms with van der Waals surface area (Å²) in [4.78, 5) is 0. The van der Waals surface area contributed by atoms with E-state index in [1.165, 1.54) is 18.4 Å². The number of hydrogen-bond donors (Lipinski definition) is 0. The van der Waals surface area contributed by atoms with Gasteiger partial charge >= 0.3 is 10.0 Å². The van der Waals surface area contributed by atoms with E-state index in [-0.39, 0.29) is 0 Å². The maximum absolute atomic E-state index is 4.99. The minimum Gasteiger partial charge on any atom is -0.399 e. The lowest BCUT2D eigenvalue weighted by Crippen LogP contribution is -2.02. The van der Waals surface area contributed by atoms with Crippen molar-refractivity contribution in [2.75, 3.05) is 13.2 Å². The van der Waals surface area contributed by atoms with Crippen molar-refractivity contribution in [1.82, 2.24) is 0 Å². The fourth-order valence-corrected chi connectivity index (χ4v) is 1.82. The minimum atomic E-state index is -0.589. The monoisotopic (exact) mass is 238 g/mol. The Labute approximate surface area is 101 Å². The van der Waals surface area contributed by atoms with Crippen LogP contribution in [0.25, 0.3) is 0 Å². The lowest BCUT2D eigenvalue weighted by atomic mass is 10.1. The fourth-order valence-electron chi connectivity index (χ4n) is 1.37. The maximum Gasteiger partial charge on any atom is 0.304 e. The second kappa shape index (κ2) is 8.50. The van der Waals surface area contributed by atoms with Crippen LogP contribution in [-0.4, -0.2) is 23.2 Å². The van der Waals surface area contributed by atoms with Crippen molar-refractivity contribution in [2.24, 2.45) is 0 Å². The summed E-state index contributed by atoms with van der Waals surface area (Å²) in [6, 6.07) is 10.8. The van der Waals surface area contributed by atoms with Gasteiger partial charge in [-0.3, -0.25) is 0 Å². The molecule has 0 heterocycles. The molecule has 0 spiro atoms. The summed E-state index contributed by atoms with van der Waals surface area (Å²) < 4.78 is 9.98. The van der Waals surface area contributed by atoms with Crippen molar-refractivity contribution in [3.63, 3.8) is 0 Å². The van der Waals surface area contributed by atoms with E-state index >= 15 is 0 Å². The first-order chi connectivity index (χ1) is 7.88. The van der Waals surface area contributed by atoms with E-state index in [0.29, 0.717) is 0 Å². The van der Waals surface area contributed by atoms with Gasteiger partial charge < -0.3 is 8.85 Å². The predicted molar refractivity (Wildman–Crippen MR) is 70.2 cm³/mol. The van der Waals surface area contributed by atoms with Crippen LogP contribution in [0, 0.1) is 0 Å². The fraction of sp³-hybridized carbons (Fsp3) is 0.538. The topological polar surface area (TPSA) is 18.5 Å². The van der Waals surface area contributed by atoms with Gasteiger partial charge in [0.15, 0.2) is 0 Å². The number of hydrogen-bond acceptors (Lipinski definition) is 2. The summed E-state index contributed by atoms with van der Waals surface area (Å²) >= 11 is 0. The van der Waals surface area contributed by atoms with Crippen LogP contribution < -0.4 is 0 Å². The Morgan fingerprint density at radius 3 is 2.06 bits per heavy atom. The van der Waals surface area contributed by atoms with E-state index in [9.17, 15) is 0 Å². The highest BCUT2D eigenvalue weighted by molar-refractivity contribution is 6.17. The van der Waals surface area contributed by atoms with E-state index < -0.39 is 10.0 Å². The molecule has 1 saturated carbocycles. The molecule has 1 aliphatic carbocycles. The lowest BCUT2D eigenvalue weighted by molar-refractivity contribution is 0.240. The number of benzene rings is 1. The van der Waals surface area contributed by atoms with Gasteiger partial charge in [0.2, 0.25) is 0 Å². The highest BCUT2D eigenvalue weighted by Gasteiger charge is 2.22. The lowest BCUT2D eigenvalue weighted by Gasteiger charge is -1.96. The molecule has 0 N–H and O–H groups in total. The first-order valence-corrected chi connectivity index (χ1v) is 7.24. The Balaban J connectivity index is 0.000000168. The average molecular weight is 238 g/mol. The molecule has 0 saturated heterocycles. The molecular formula is C13H22O2Si. The zero-order chi connectivity index (χ0) is 11.6. The molecule has 1 fully saturated rings. The Morgan fingerprint density at radius 1 is 1.06 bits per heavy atom. The zero-order valence-corrected chi connectivity index (χ0v) is 11.7. The molecule has 0 aliphatic heterocycles. The van der Waals surface area contributed by atoms with E-state index in [2.05, 4.69) is 30.3 Å². The molecule has 16 heavy (non-hydrogen) atoms. The van der Waals surface area contributed by atoms with Gasteiger partial charge in [0.25, 0.3) is 0 Å². The van der Waals surface area contributed by atoms with Crippen LogP contribution in [0.5, 0.6) is 0 Å². The van der Waals surface area contributed by atoms with Crippen LogP contribution in [0.2, 0.25) is 0 Å². The van der Waals surface area contributed by atoms with Crippen LogP contribution in [0.15, 0.2) is 30.3 Å². The molecule has 90 valence electrons. The molecule has 1 aromatic rings. The molecular weight excluding hydrogens is 216 g/mol. The Hall–Kier alpha value is -0.643. The van der Waals surface area contributed by atoms with E-state index in [4.69, 9.17) is 8.85 Å². The molecule has 0 aromatic heterocycles. The molecule has 0 unspecified atom stereocenters. The number of rotatable bonds is 5. The van der Waals surface area contributed by atoms with Crippen molar-refractivity contribution in [1.29, 1.82) is 0 Å². The van der Waals surface area contributed by atoms with E-state index in [0.717, 1.165) is 19.1 Å². The third-order valence-corrected chi connectivity index (χ3v) is 3.57. The van der Waals surface area contributed by atoms with Crippen molar-refractivity contribution in [2.45, 2.75) is 32.6 Å². The van der Waals surface area contributed by atoms with E-state index in [1.807, 2.05) is 13.8 Å². The van der Waals surface area contributed by atoms with Gasteiger partial charge in [-0.25, -0.2) is 0 Å². The third-order valence-electron chi connectivity index (χ3n) is 2.42. The molecule has 0 bridgehead atoms. The highest BCUT2D eigenvalue weighted by atomic mass is 28.3. The quantitative estimate of drug-likeness (QED) is 0.580. The highest BCUT2D eigenvalue weighted by Crippen LogP contribution is 2.39. The molecule has 0 amide bonds. The zero-order valence-electron chi connectivity index (χ0n) is 10.3. The Bertz CT molecular complexity index is 256. The third kappa shape index (κ3) is 6.05. The summed E-state index contributed by atoms with van der Waals surface area (Å²) in [7, 11) is -0.589. The van der Waals surface area contributed by atoms with Gasteiger partial charge in [-0.1, -0.05) is 30.3 Å². The average Bonchev–Trinajstić information content (AvgIpc) is 3.16. The smallest absolute Gasteiger partial charge is 0.304 e. The molecule has 0 radical (unpaired) electrons. The van der Waals surface area contributed by atoms with Gasteiger partial charge in [0.05, 0.1) is 0 Å². The predicted octanol–water partition coefficient (Wildman–Crippen LogP) is 2.62. The van der Waals surface area contributed by atoms with Crippen molar-refractivity contribution >= 4 is 10.0 Å². The van der Waals surface area contributed by atoms with Crippen LogP contribution in [-0.2, 0) is 8.85 Å². The summed E-state index contributed by atoms with van der Waals surface area (Å²) in [5, 5.41) is 0. The van der Waals surface area contributed by atoms with Gasteiger partial charge in [0, 0.05) is 13.2 Å². The van der Waals surface area contributed by atoms with Crippen molar-refractivity contribution in [3.05, 3.63) is 35.9 Å². The first kappa shape index (κ1) is 13.4. The van der Waals surface area contributed by atoms with Crippen LogP contribution >= 0.6 is 0 Å². The van der Waals surface area contributed by atoms with Crippen LogP contribution in [0.3, 0.4) is 0 Å². The Kier molecular flexibility index (Phi) is 7.13. The van der Waals surface area contributed by atoms with Gasteiger partial charge in [0.1, 0.15) is 0 Å². The molecule has 0 atom stereocenters. The summed E-state index contributed by atoms with van der Waals surface area (Å²) in [5.74, 6) is 0.909. The minimum absolute atomic E-state index is 0.589. The Morgan fingerprint density at radius 2 is 1.62 bits per heavy atom. The summed E-state index contributed by atoms with van der Waals surface area (Å²) in [6.07, 6.45) is 2.81. The second-order valence-electron chi connectivity index (χ2n) is 3.79. The summed E-state index contributed by atoms with van der Waals surface area (Å²) in [5.41, 5.74) is 1.53. The SMILES string of the molecule is CCO[SiH2]OCC.c1ccc(C2CC2)cc1. The molecule has 1 aliphatic rings. The molecule has 2 nitrogen and oxygen atoms in total. The van der Waals surface area contributed by atoms with Gasteiger partial charge in [-0.2, -0.15) is 0 Å². The second-order valence-corrected chi connectivity index (χ2v) is 4.84. The molecule has 3 heteroatoms. The largest absolute Gasteiger partial charge is 0.399 e. The normalized spacial score (nSPS) is 14.1. The molecule has 1 aromatic carbocycles.